The molecule has 0 bridgehead atoms. The minimum Gasteiger partial charge on any atom is -0.481 e. The molecule has 1 N–H and O–H groups in total. The lowest BCUT2D eigenvalue weighted by Gasteiger charge is -2.15. The topological polar surface area (TPSA) is 86.1 Å². The van der Waals surface area contributed by atoms with Gasteiger partial charge < -0.3 is 14.6 Å². The van der Waals surface area contributed by atoms with Crippen LogP contribution in [-0.4, -0.2) is 32.2 Å². The van der Waals surface area contributed by atoms with Gasteiger partial charge in [-0.2, -0.15) is 0 Å². The lowest BCUT2D eigenvalue weighted by atomic mass is 10.1. The van der Waals surface area contributed by atoms with E-state index in [9.17, 15) is 14.0 Å². The molecule has 1 atom stereocenters. The Morgan fingerprint density at radius 1 is 1.23 bits per heavy atom. The van der Waals surface area contributed by atoms with Crippen LogP contribution in [-0.2, 0) is 11.8 Å². The SMILES string of the molecule is CC(=O)c1ccc(NC(=O)CSc2nnc(C(C)Oc3ccc(F)cc3Cl)n2C)cc1. The zero-order valence-electron chi connectivity index (χ0n) is 17.1. The van der Waals surface area contributed by atoms with Crippen molar-refractivity contribution < 1.29 is 18.7 Å². The molecule has 3 rings (SSSR count). The number of hydrogen-bond acceptors (Lipinski definition) is 6. The number of anilines is 1. The fraction of sp³-hybridized carbons (Fsp3) is 0.238. The molecule has 31 heavy (non-hydrogen) atoms. The van der Waals surface area contributed by atoms with Gasteiger partial charge in [0.05, 0.1) is 10.8 Å². The number of carbonyl (C=O) groups excluding carboxylic acids is 2. The average molecular weight is 463 g/mol. The Morgan fingerprint density at radius 3 is 2.58 bits per heavy atom. The van der Waals surface area contributed by atoms with Gasteiger partial charge in [0, 0.05) is 18.3 Å². The Morgan fingerprint density at radius 2 is 1.94 bits per heavy atom. The van der Waals surface area contributed by atoms with Gasteiger partial charge in [-0.05, 0) is 56.3 Å². The van der Waals surface area contributed by atoms with Crippen LogP contribution in [0.5, 0.6) is 5.75 Å². The summed E-state index contributed by atoms with van der Waals surface area (Å²) in [5.74, 6) is 0.292. The van der Waals surface area contributed by atoms with Crippen molar-refractivity contribution in [2.45, 2.75) is 25.1 Å². The highest BCUT2D eigenvalue weighted by atomic mass is 35.5. The third-order valence-electron chi connectivity index (χ3n) is 4.34. The molecule has 1 aromatic heterocycles. The Balaban J connectivity index is 1.58. The van der Waals surface area contributed by atoms with Crippen molar-refractivity contribution in [1.82, 2.24) is 14.8 Å². The highest BCUT2D eigenvalue weighted by Gasteiger charge is 2.19. The third-order valence-corrected chi connectivity index (χ3v) is 5.65. The summed E-state index contributed by atoms with van der Waals surface area (Å²) in [4.78, 5) is 23.6. The molecule has 1 unspecified atom stereocenters. The van der Waals surface area contributed by atoms with Gasteiger partial charge in [-0.25, -0.2) is 4.39 Å². The van der Waals surface area contributed by atoms with Gasteiger partial charge in [-0.15, -0.1) is 10.2 Å². The highest BCUT2D eigenvalue weighted by molar-refractivity contribution is 7.99. The summed E-state index contributed by atoms with van der Waals surface area (Å²) in [6.07, 6.45) is -0.497. The first-order chi connectivity index (χ1) is 14.7. The van der Waals surface area contributed by atoms with Crippen molar-refractivity contribution in [2.24, 2.45) is 7.05 Å². The van der Waals surface area contributed by atoms with Crippen LogP contribution >= 0.6 is 23.4 Å². The van der Waals surface area contributed by atoms with Gasteiger partial charge in [0.15, 0.2) is 22.9 Å². The van der Waals surface area contributed by atoms with Crippen LogP contribution < -0.4 is 10.1 Å². The minimum absolute atomic E-state index is 0.0357. The van der Waals surface area contributed by atoms with E-state index in [4.69, 9.17) is 16.3 Å². The van der Waals surface area contributed by atoms with Crippen LogP contribution in [0.2, 0.25) is 5.02 Å². The van der Waals surface area contributed by atoms with Crippen molar-refractivity contribution in [1.29, 1.82) is 0 Å². The molecule has 1 amide bonds. The fourth-order valence-corrected chi connectivity index (χ4v) is 3.67. The minimum atomic E-state index is -0.497. The van der Waals surface area contributed by atoms with E-state index in [-0.39, 0.29) is 22.5 Å². The summed E-state index contributed by atoms with van der Waals surface area (Å²) in [5, 5.41) is 11.7. The molecule has 2 aromatic carbocycles. The predicted octanol–water partition coefficient (Wildman–Crippen LogP) is 4.68. The zero-order valence-corrected chi connectivity index (χ0v) is 18.6. The standard InChI is InChI=1S/C21H20ClFN4O3S/c1-12(28)14-4-7-16(8-5-14)24-19(29)11-31-21-26-25-20(27(21)3)13(2)30-18-9-6-15(23)10-17(18)22/h4-10,13H,11H2,1-3H3,(H,24,29). The number of nitrogens with one attached hydrogen (secondary N) is 1. The van der Waals surface area contributed by atoms with Crippen LogP contribution in [0.3, 0.4) is 0 Å². The van der Waals surface area contributed by atoms with Crippen LogP contribution in [0.15, 0.2) is 47.6 Å². The number of nitrogens with zero attached hydrogens (tertiary/aromatic N) is 3. The van der Waals surface area contributed by atoms with Crippen molar-refractivity contribution in [2.75, 3.05) is 11.1 Å². The summed E-state index contributed by atoms with van der Waals surface area (Å²) in [6.45, 7) is 3.26. The molecule has 0 spiro atoms. The van der Waals surface area contributed by atoms with Gasteiger partial charge in [-0.1, -0.05) is 23.4 Å². The predicted molar refractivity (Wildman–Crippen MR) is 117 cm³/mol. The fourth-order valence-electron chi connectivity index (χ4n) is 2.74. The number of aromatic nitrogens is 3. The first kappa shape index (κ1) is 22.8. The van der Waals surface area contributed by atoms with Crippen molar-refractivity contribution in [3.05, 3.63) is 64.7 Å². The zero-order chi connectivity index (χ0) is 22.5. The van der Waals surface area contributed by atoms with Crippen molar-refractivity contribution in [3.8, 4) is 5.75 Å². The van der Waals surface area contributed by atoms with E-state index >= 15 is 0 Å². The second-order valence-electron chi connectivity index (χ2n) is 6.71. The molecule has 7 nitrogen and oxygen atoms in total. The molecule has 1 heterocycles. The van der Waals surface area contributed by atoms with Crippen LogP contribution in [0.1, 0.15) is 36.1 Å². The first-order valence-electron chi connectivity index (χ1n) is 9.29. The second kappa shape index (κ2) is 9.93. The molecular formula is C21H20ClFN4O3S. The van der Waals surface area contributed by atoms with E-state index in [0.29, 0.717) is 28.0 Å². The average Bonchev–Trinajstić information content (AvgIpc) is 3.09. The summed E-state index contributed by atoms with van der Waals surface area (Å²) in [6, 6.07) is 10.6. The molecule has 0 radical (unpaired) electrons. The summed E-state index contributed by atoms with van der Waals surface area (Å²) >= 11 is 7.23. The molecule has 0 aliphatic rings. The summed E-state index contributed by atoms with van der Waals surface area (Å²) in [7, 11) is 1.77. The third kappa shape index (κ3) is 5.83. The number of ether oxygens (including phenoxy) is 1. The Hall–Kier alpha value is -2.91. The molecule has 10 heteroatoms. The molecule has 0 saturated carbocycles. The number of thioether (sulfide) groups is 1. The maximum absolute atomic E-state index is 13.2. The van der Waals surface area contributed by atoms with Crippen LogP contribution in [0.4, 0.5) is 10.1 Å². The van der Waals surface area contributed by atoms with E-state index < -0.39 is 11.9 Å². The highest BCUT2D eigenvalue weighted by Crippen LogP contribution is 2.30. The number of rotatable bonds is 8. The number of benzene rings is 2. The van der Waals surface area contributed by atoms with E-state index in [2.05, 4.69) is 15.5 Å². The summed E-state index contributed by atoms with van der Waals surface area (Å²) in [5.41, 5.74) is 1.18. The Bertz CT molecular complexity index is 1100. The van der Waals surface area contributed by atoms with Gasteiger partial charge in [0.25, 0.3) is 0 Å². The number of carbonyl (C=O) groups is 2. The number of Topliss-reactive ketones (excluding diaryl/α,β-unsaturated/α-hetero) is 1. The molecular weight excluding hydrogens is 443 g/mol. The monoisotopic (exact) mass is 462 g/mol. The second-order valence-corrected chi connectivity index (χ2v) is 8.05. The molecule has 162 valence electrons. The summed E-state index contributed by atoms with van der Waals surface area (Å²) < 4.78 is 20.7. The largest absolute Gasteiger partial charge is 0.481 e. The smallest absolute Gasteiger partial charge is 0.234 e. The van der Waals surface area contributed by atoms with Gasteiger partial charge in [-0.3, -0.25) is 9.59 Å². The van der Waals surface area contributed by atoms with E-state index in [1.165, 1.54) is 36.9 Å². The molecule has 0 aliphatic carbocycles. The van der Waals surface area contributed by atoms with Gasteiger partial charge >= 0.3 is 0 Å². The van der Waals surface area contributed by atoms with E-state index in [1.807, 2.05) is 0 Å². The lowest BCUT2D eigenvalue weighted by molar-refractivity contribution is -0.113. The molecule has 0 fully saturated rings. The molecule has 0 aliphatic heterocycles. The molecule has 3 aromatic rings. The van der Waals surface area contributed by atoms with E-state index in [1.54, 1.807) is 42.8 Å². The van der Waals surface area contributed by atoms with Crippen molar-refractivity contribution >= 4 is 40.7 Å². The number of amides is 1. The van der Waals surface area contributed by atoms with Crippen molar-refractivity contribution in [3.63, 3.8) is 0 Å². The van der Waals surface area contributed by atoms with Gasteiger partial charge in [0.1, 0.15) is 11.6 Å². The lowest BCUT2D eigenvalue weighted by Crippen LogP contribution is -2.15. The number of hydrogen-bond donors (Lipinski definition) is 1. The maximum Gasteiger partial charge on any atom is 0.234 e. The van der Waals surface area contributed by atoms with Crippen LogP contribution in [0, 0.1) is 5.82 Å². The first-order valence-corrected chi connectivity index (χ1v) is 10.7. The van der Waals surface area contributed by atoms with E-state index in [0.717, 1.165) is 0 Å². The molecule has 0 saturated heterocycles. The number of ketones is 1. The van der Waals surface area contributed by atoms with Gasteiger partial charge in [0.2, 0.25) is 5.91 Å². The quantitative estimate of drug-likeness (QED) is 0.386. The number of halogens is 2. The Labute approximate surface area is 188 Å². The Kier molecular flexibility index (Phi) is 7.29. The normalized spacial score (nSPS) is 11.8. The maximum atomic E-state index is 13.2. The van der Waals surface area contributed by atoms with Crippen LogP contribution in [0.25, 0.3) is 0 Å².